The molecular weight excluding hydrogens is 516 g/mol. The predicted octanol–water partition coefficient (Wildman–Crippen LogP) is 6.86. The quantitative estimate of drug-likeness (QED) is 0.282. The first-order valence-electron chi connectivity index (χ1n) is 14.6. The fraction of sp³-hybridized carbons (Fsp3) is 0.471. The van der Waals surface area contributed by atoms with E-state index in [2.05, 4.69) is 48.4 Å². The maximum Gasteiger partial charge on any atom is 0.407 e. The van der Waals surface area contributed by atoms with Crippen LogP contribution in [-0.4, -0.2) is 33.9 Å². The van der Waals surface area contributed by atoms with Crippen LogP contribution in [0.25, 0.3) is 0 Å². The van der Waals surface area contributed by atoms with Crippen LogP contribution < -0.4 is 14.8 Å². The van der Waals surface area contributed by atoms with Crippen molar-refractivity contribution in [3.05, 3.63) is 89.2 Å². The molecule has 0 aliphatic heterocycles. The van der Waals surface area contributed by atoms with Gasteiger partial charge < -0.3 is 24.6 Å². The molecular formula is C34H42N2O5. The number of ether oxygens (including phenoxy) is 3. The lowest BCUT2D eigenvalue weighted by Gasteiger charge is -2.36. The molecule has 2 fully saturated rings. The number of pyridine rings is 1. The summed E-state index contributed by atoms with van der Waals surface area (Å²) in [4.78, 5) is 16.5. The minimum absolute atomic E-state index is 0.0849. The first-order valence-corrected chi connectivity index (χ1v) is 14.6. The summed E-state index contributed by atoms with van der Waals surface area (Å²) in [6.45, 7) is 10.3. The molecule has 1 heterocycles. The van der Waals surface area contributed by atoms with Crippen LogP contribution >= 0.6 is 0 Å². The fourth-order valence-electron chi connectivity index (χ4n) is 5.09. The molecule has 0 radical (unpaired) electrons. The molecule has 1 amide bonds. The lowest BCUT2D eigenvalue weighted by Crippen LogP contribution is -2.50. The molecule has 2 aliphatic carbocycles. The molecule has 3 aromatic rings. The third-order valence-electron chi connectivity index (χ3n) is 7.86. The number of aliphatic hydroxyl groups is 1. The molecule has 41 heavy (non-hydrogen) atoms. The van der Waals surface area contributed by atoms with Gasteiger partial charge in [0.15, 0.2) is 0 Å². The van der Waals surface area contributed by atoms with E-state index in [1.165, 1.54) is 11.1 Å². The van der Waals surface area contributed by atoms with Crippen molar-refractivity contribution in [1.82, 2.24) is 10.3 Å². The Labute approximate surface area is 243 Å². The highest BCUT2D eigenvalue weighted by molar-refractivity contribution is 5.68. The van der Waals surface area contributed by atoms with E-state index in [0.717, 1.165) is 48.6 Å². The first kappa shape index (κ1) is 28.9. The van der Waals surface area contributed by atoms with Gasteiger partial charge >= 0.3 is 6.09 Å². The van der Waals surface area contributed by atoms with Crippen molar-refractivity contribution in [1.29, 1.82) is 0 Å². The normalized spacial score (nSPS) is 19.6. The van der Waals surface area contributed by atoms with Crippen LogP contribution in [0.3, 0.4) is 0 Å². The first-order chi connectivity index (χ1) is 19.5. The summed E-state index contributed by atoms with van der Waals surface area (Å²) in [6.07, 6.45) is 2.91. The predicted molar refractivity (Wildman–Crippen MR) is 158 cm³/mol. The van der Waals surface area contributed by atoms with E-state index >= 15 is 0 Å². The summed E-state index contributed by atoms with van der Waals surface area (Å²) in [6, 6.07) is 22.3. The van der Waals surface area contributed by atoms with Crippen LogP contribution in [0.5, 0.6) is 11.5 Å². The Morgan fingerprint density at radius 3 is 2.12 bits per heavy atom. The van der Waals surface area contributed by atoms with Gasteiger partial charge in [0.05, 0.1) is 17.5 Å². The summed E-state index contributed by atoms with van der Waals surface area (Å²) < 4.78 is 17.5. The SMILES string of the molecule is CC(C)(C)OC(=O)NC1CC(Oc2ccc(C(C)(C)c3ccc(OCc4cccc(C(O)C5CC5)n4)cc3)cc2)C1. The minimum atomic E-state index is -0.500. The largest absolute Gasteiger partial charge is 0.490 e. The van der Waals surface area contributed by atoms with Crippen LogP contribution in [0.2, 0.25) is 0 Å². The van der Waals surface area contributed by atoms with Crippen molar-refractivity contribution in [2.24, 2.45) is 5.92 Å². The number of aromatic nitrogens is 1. The number of nitrogens with one attached hydrogen (secondary N) is 1. The Balaban J connectivity index is 1.11. The molecule has 2 N–H and O–H groups in total. The number of alkyl carbamates (subject to hydrolysis) is 1. The smallest absolute Gasteiger partial charge is 0.407 e. The van der Waals surface area contributed by atoms with Gasteiger partial charge in [0.2, 0.25) is 0 Å². The van der Waals surface area contributed by atoms with E-state index in [9.17, 15) is 9.90 Å². The highest BCUT2D eigenvalue weighted by atomic mass is 16.6. The van der Waals surface area contributed by atoms with E-state index in [0.29, 0.717) is 12.5 Å². The lowest BCUT2D eigenvalue weighted by molar-refractivity contribution is 0.0363. The van der Waals surface area contributed by atoms with Gasteiger partial charge in [-0.05, 0) is 87.1 Å². The van der Waals surface area contributed by atoms with Crippen LogP contribution in [-0.2, 0) is 16.8 Å². The van der Waals surface area contributed by atoms with Gasteiger partial charge in [-0.15, -0.1) is 0 Å². The average Bonchev–Trinajstić information content (AvgIpc) is 3.76. The van der Waals surface area contributed by atoms with Crippen LogP contribution in [0.4, 0.5) is 4.79 Å². The number of hydrogen-bond donors (Lipinski definition) is 2. The fourth-order valence-corrected chi connectivity index (χ4v) is 5.09. The molecule has 1 unspecified atom stereocenters. The van der Waals surface area contributed by atoms with Gasteiger partial charge in [-0.25, -0.2) is 4.79 Å². The van der Waals surface area contributed by atoms with E-state index in [1.54, 1.807) is 0 Å². The number of aliphatic hydroxyl groups excluding tert-OH is 1. The third kappa shape index (κ3) is 7.59. The molecule has 0 spiro atoms. The monoisotopic (exact) mass is 558 g/mol. The molecule has 218 valence electrons. The van der Waals surface area contributed by atoms with Gasteiger partial charge in [0.25, 0.3) is 0 Å². The topological polar surface area (TPSA) is 89.9 Å². The summed E-state index contributed by atoms with van der Waals surface area (Å²) in [5.41, 5.74) is 3.21. The number of amides is 1. The average molecular weight is 559 g/mol. The Hall–Kier alpha value is -3.58. The maximum atomic E-state index is 11.9. The van der Waals surface area contributed by atoms with Crippen molar-refractivity contribution in [2.75, 3.05) is 0 Å². The second-order valence-electron chi connectivity index (χ2n) is 12.9. The van der Waals surface area contributed by atoms with Gasteiger partial charge in [-0.1, -0.05) is 44.2 Å². The van der Waals surface area contributed by atoms with Crippen LogP contribution in [0.1, 0.15) is 88.9 Å². The summed E-state index contributed by atoms with van der Waals surface area (Å²) in [7, 11) is 0. The molecule has 7 heteroatoms. The summed E-state index contributed by atoms with van der Waals surface area (Å²) in [5, 5.41) is 13.3. The number of carbonyl (C=O) groups excluding carboxylic acids is 1. The molecule has 2 saturated carbocycles. The lowest BCUT2D eigenvalue weighted by atomic mass is 9.78. The van der Waals surface area contributed by atoms with Gasteiger partial charge in [0, 0.05) is 24.3 Å². The molecule has 5 rings (SSSR count). The molecule has 0 bridgehead atoms. The highest BCUT2D eigenvalue weighted by Gasteiger charge is 2.34. The molecule has 1 aromatic heterocycles. The maximum absolute atomic E-state index is 11.9. The zero-order valence-electron chi connectivity index (χ0n) is 24.7. The van der Waals surface area contributed by atoms with Gasteiger partial charge in [-0.3, -0.25) is 4.98 Å². The summed E-state index contributed by atoms with van der Waals surface area (Å²) >= 11 is 0. The zero-order chi connectivity index (χ0) is 29.2. The number of nitrogens with zero attached hydrogens (tertiary/aromatic N) is 1. The van der Waals surface area contributed by atoms with Crippen molar-refractivity contribution in [2.45, 2.75) is 96.2 Å². The molecule has 0 saturated heterocycles. The Bertz CT molecular complexity index is 1320. The van der Waals surface area contributed by atoms with E-state index < -0.39 is 11.7 Å². The Kier molecular flexibility index (Phi) is 8.28. The number of rotatable bonds is 10. The van der Waals surface area contributed by atoms with Gasteiger partial charge in [-0.2, -0.15) is 0 Å². The van der Waals surface area contributed by atoms with Crippen LogP contribution in [0.15, 0.2) is 66.7 Å². The molecule has 2 aliphatic rings. The highest BCUT2D eigenvalue weighted by Crippen LogP contribution is 2.40. The van der Waals surface area contributed by atoms with E-state index in [4.69, 9.17) is 14.2 Å². The molecule has 7 nitrogen and oxygen atoms in total. The van der Waals surface area contributed by atoms with E-state index in [-0.39, 0.29) is 23.7 Å². The van der Waals surface area contributed by atoms with E-state index in [1.807, 2.05) is 63.2 Å². The minimum Gasteiger partial charge on any atom is -0.490 e. The Morgan fingerprint density at radius 2 is 1.54 bits per heavy atom. The van der Waals surface area contributed by atoms with Crippen LogP contribution in [0, 0.1) is 5.92 Å². The van der Waals surface area contributed by atoms with Crippen molar-refractivity contribution >= 4 is 6.09 Å². The van der Waals surface area contributed by atoms with Crippen molar-refractivity contribution < 1.29 is 24.1 Å². The zero-order valence-corrected chi connectivity index (χ0v) is 24.7. The Morgan fingerprint density at radius 1 is 0.927 bits per heavy atom. The third-order valence-corrected chi connectivity index (χ3v) is 7.86. The molecule has 2 aromatic carbocycles. The number of benzene rings is 2. The van der Waals surface area contributed by atoms with Crippen molar-refractivity contribution in [3.63, 3.8) is 0 Å². The second-order valence-corrected chi connectivity index (χ2v) is 12.9. The molecule has 1 atom stereocenters. The standard InChI is InChI=1S/C34H42N2O5/c1-33(2,3)41-32(38)36-26-19-29(20-26)40-28-17-13-24(14-18-28)34(4,5)23-11-15-27(16-12-23)39-21-25-7-6-8-30(35-25)31(37)22-9-10-22/h6-8,11-18,22,26,29,31,37H,9-10,19-21H2,1-5H3,(H,36,38). The van der Waals surface area contributed by atoms with Crippen molar-refractivity contribution in [3.8, 4) is 11.5 Å². The number of hydrogen-bond acceptors (Lipinski definition) is 6. The van der Waals surface area contributed by atoms with Gasteiger partial charge in [0.1, 0.15) is 29.8 Å². The number of carbonyl (C=O) groups is 1. The second kappa shape index (κ2) is 11.7. The summed E-state index contributed by atoms with van der Waals surface area (Å²) in [5.74, 6) is 1.96.